The molecule has 2 aromatic rings. The monoisotopic (exact) mass is 611 g/mol. The zero-order chi connectivity index (χ0) is 30.4. The topological polar surface area (TPSA) is 65.1 Å². The summed E-state index contributed by atoms with van der Waals surface area (Å²) < 4.78 is 17.4. The highest BCUT2D eigenvalue weighted by molar-refractivity contribution is 6.32. The van der Waals surface area contributed by atoms with Crippen molar-refractivity contribution in [2.24, 2.45) is 10.8 Å². The lowest BCUT2D eigenvalue weighted by molar-refractivity contribution is -0.119. The summed E-state index contributed by atoms with van der Waals surface area (Å²) in [6.07, 6.45) is 2.27. The van der Waals surface area contributed by atoms with Crippen LogP contribution in [-0.4, -0.2) is 43.8 Å². The molecule has 2 aliphatic carbocycles. The van der Waals surface area contributed by atoms with E-state index in [0.29, 0.717) is 58.7 Å². The number of Topliss-reactive ketones (excluding diaryl/α,β-unsaturated/α-hetero) is 2. The number of allylic oxidation sites excluding steroid dienone is 4. The lowest BCUT2D eigenvalue weighted by Crippen LogP contribution is -2.45. The lowest BCUT2D eigenvalue weighted by Gasteiger charge is -2.49. The van der Waals surface area contributed by atoms with Gasteiger partial charge in [-0.25, -0.2) is 0 Å². The first-order valence-corrected chi connectivity index (χ1v) is 15.1. The highest BCUT2D eigenvalue weighted by Crippen LogP contribution is 2.55. The summed E-state index contributed by atoms with van der Waals surface area (Å²) >= 11 is 13.2. The van der Waals surface area contributed by atoms with Crippen LogP contribution in [0, 0.1) is 10.8 Å². The Morgan fingerprint density at radius 3 is 2.00 bits per heavy atom. The van der Waals surface area contributed by atoms with Crippen LogP contribution in [-0.2, 0) is 20.9 Å². The molecular weight excluding hydrogens is 573 g/mol. The number of hydrogen-bond donors (Lipinski definition) is 0. The molecule has 0 unspecified atom stereocenters. The van der Waals surface area contributed by atoms with Crippen LogP contribution in [0.25, 0.3) is 0 Å². The van der Waals surface area contributed by atoms with Crippen LogP contribution in [0.3, 0.4) is 0 Å². The minimum absolute atomic E-state index is 0.0620. The minimum atomic E-state index is -0.537. The van der Waals surface area contributed by atoms with Crippen LogP contribution in [0.1, 0.15) is 70.4 Å². The molecule has 0 saturated heterocycles. The van der Waals surface area contributed by atoms with E-state index in [1.165, 1.54) is 0 Å². The summed E-state index contributed by atoms with van der Waals surface area (Å²) in [6.45, 7) is 9.78. The zero-order valence-electron chi connectivity index (χ0n) is 25.2. The average Bonchev–Trinajstić information content (AvgIpc) is 2.90. The molecule has 0 N–H and O–H groups in total. The van der Waals surface area contributed by atoms with E-state index in [9.17, 15) is 9.59 Å². The number of carbonyl (C=O) groups excluding carboxylic acids is 2. The number of carbonyl (C=O) groups is 2. The molecule has 0 saturated carbocycles. The number of hydrogen-bond acceptors (Lipinski definition) is 6. The van der Waals surface area contributed by atoms with Gasteiger partial charge in [-0.05, 0) is 47.4 Å². The maximum absolute atomic E-state index is 14.0. The second kappa shape index (κ2) is 11.7. The van der Waals surface area contributed by atoms with Gasteiger partial charge in [0.15, 0.2) is 23.1 Å². The molecule has 6 nitrogen and oxygen atoms in total. The van der Waals surface area contributed by atoms with Gasteiger partial charge in [0.25, 0.3) is 0 Å². The summed E-state index contributed by atoms with van der Waals surface area (Å²) in [5.41, 5.74) is 4.48. The third-order valence-corrected chi connectivity index (χ3v) is 9.11. The molecule has 8 heteroatoms. The quantitative estimate of drug-likeness (QED) is 0.302. The molecule has 0 amide bonds. The highest BCUT2D eigenvalue weighted by Gasteiger charge is 2.49. The van der Waals surface area contributed by atoms with Crippen molar-refractivity contribution in [2.45, 2.75) is 65.9 Å². The molecule has 1 aliphatic heterocycles. The van der Waals surface area contributed by atoms with Gasteiger partial charge < -0.3 is 19.1 Å². The Morgan fingerprint density at radius 1 is 0.857 bits per heavy atom. The van der Waals surface area contributed by atoms with E-state index in [2.05, 4.69) is 32.6 Å². The van der Waals surface area contributed by atoms with Crippen LogP contribution in [0.5, 0.6) is 11.5 Å². The van der Waals surface area contributed by atoms with E-state index in [1.807, 2.05) is 36.4 Å². The van der Waals surface area contributed by atoms with Gasteiger partial charge in [-0.2, -0.15) is 0 Å². The summed E-state index contributed by atoms with van der Waals surface area (Å²) in [7, 11) is 3.23. The fraction of sp³-hybridized carbons (Fsp3) is 0.471. The molecule has 224 valence electrons. The first-order valence-electron chi connectivity index (χ1n) is 14.4. The number of nitrogens with zero attached hydrogens (tertiary/aromatic N) is 1. The molecular formula is C34H39Cl2NO5. The minimum Gasteiger partial charge on any atom is -0.493 e. The first kappa shape index (κ1) is 30.7. The Balaban J connectivity index is 1.66. The molecule has 1 heterocycles. The Kier molecular flexibility index (Phi) is 8.54. The van der Waals surface area contributed by atoms with E-state index in [4.69, 9.17) is 37.4 Å². The van der Waals surface area contributed by atoms with Crippen LogP contribution < -0.4 is 9.47 Å². The van der Waals surface area contributed by atoms with Gasteiger partial charge >= 0.3 is 0 Å². The average molecular weight is 613 g/mol. The fourth-order valence-electron chi connectivity index (χ4n) is 6.65. The molecule has 5 rings (SSSR count). The standard InChI is InChI=1S/C34H39Cl2NO5/c1-33(2)15-24-30(26(38)17-33)29(31-25(37(24)11-12-40-5)16-34(3,4)18-27(31)39)21-13-23(36)32(28(14-21)41-6)42-19-20-9-7-8-10-22(20)35/h7-10,13-14,29H,11-12,15-19H2,1-6H3. The Labute approximate surface area is 258 Å². The van der Waals surface area contributed by atoms with E-state index in [1.54, 1.807) is 14.2 Å². The van der Waals surface area contributed by atoms with Gasteiger partial charge in [-0.15, -0.1) is 0 Å². The highest BCUT2D eigenvalue weighted by atomic mass is 35.5. The summed E-state index contributed by atoms with van der Waals surface area (Å²) in [5, 5.41) is 0.940. The molecule has 0 bridgehead atoms. The summed E-state index contributed by atoms with van der Waals surface area (Å²) in [6, 6.07) is 11.1. The van der Waals surface area contributed by atoms with E-state index >= 15 is 0 Å². The predicted molar refractivity (Wildman–Crippen MR) is 165 cm³/mol. The Morgan fingerprint density at radius 2 is 1.45 bits per heavy atom. The zero-order valence-corrected chi connectivity index (χ0v) is 26.7. The lowest BCUT2D eigenvalue weighted by atomic mass is 9.63. The second-order valence-electron chi connectivity index (χ2n) is 13.1. The number of ketones is 2. The number of methoxy groups -OCH3 is 2. The van der Waals surface area contributed by atoms with Crippen molar-refractivity contribution in [3.05, 3.63) is 80.1 Å². The molecule has 0 atom stereocenters. The third kappa shape index (κ3) is 5.86. The van der Waals surface area contributed by atoms with Crippen molar-refractivity contribution in [3.63, 3.8) is 0 Å². The predicted octanol–water partition coefficient (Wildman–Crippen LogP) is 7.91. The molecule has 0 spiro atoms. The molecule has 42 heavy (non-hydrogen) atoms. The van der Waals surface area contributed by atoms with Crippen LogP contribution in [0.2, 0.25) is 10.0 Å². The van der Waals surface area contributed by atoms with Crippen molar-refractivity contribution in [1.82, 2.24) is 4.90 Å². The van der Waals surface area contributed by atoms with Crippen molar-refractivity contribution >= 4 is 34.8 Å². The van der Waals surface area contributed by atoms with Crippen LogP contribution >= 0.6 is 23.2 Å². The first-order chi connectivity index (χ1) is 19.9. The largest absolute Gasteiger partial charge is 0.493 e. The van der Waals surface area contributed by atoms with E-state index < -0.39 is 5.92 Å². The molecule has 3 aliphatic rings. The molecule has 0 aromatic heterocycles. The van der Waals surface area contributed by atoms with Gasteiger partial charge in [-0.3, -0.25) is 9.59 Å². The maximum Gasteiger partial charge on any atom is 0.180 e. The summed E-state index contributed by atoms with van der Waals surface area (Å²) in [5.74, 6) is 0.405. The van der Waals surface area contributed by atoms with Crippen LogP contribution in [0.4, 0.5) is 0 Å². The SMILES string of the molecule is COCCN1C2=C(C(=O)CC(C)(C)C2)C(c2cc(Cl)c(OCc3ccccc3Cl)c(OC)c2)C2=C1CC(C)(C)CC2=O. The second-order valence-corrected chi connectivity index (χ2v) is 13.9. The third-order valence-electron chi connectivity index (χ3n) is 8.46. The van der Waals surface area contributed by atoms with Gasteiger partial charge in [0.05, 0.1) is 18.7 Å². The van der Waals surface area contributed by atoms with Gasteiger partial charge in [0, 0.05) is 65.5 Å². The van der Waals surface area contributed by atoms with Gasteiger partial charge in [0.2, 0.25) is 0 Å². The smallest absolute Gasteiger partial charge is 0.180 e. The van der Waals surface area contributed by atoms with Crippen LogP contribution in [0.15, 0.2) is 58.9 Å². The number of ether oxygens (including phenoxy) is 3. The number of benzene rings is 2. The van der Waals surface area contributed by atoms with Crippen molar-refractivity contribution in [3.8, 4) is 11.5 Å². The fourth-order valence-corrected chi connectivity index (χ4v) is 7.11. The van der Waals surface area contributed by atoms with E-state index in [-0.39, 0.29) is 29.0 Å². The Bertz CT molecular complexity index is 1430. The van der Waals surface area contributed by atoms with Gasteiger partial charge in [-0.1, -0.05) is 69.1 Å². The van der Waals surface area contributed by atoms with Crippen molar-refractivity contribution in [1.29, 1.82) is 0 Å². The molecule has 2 aromatic carbocycles. The summed E-state index contributed by atoms with van der Waals surface area (Å²) in [4.78, 5) is 30.2. The van der Waals surface area contributed by atoms with E-state index in [0.717, 1.165) is 35.4 Å². The molecule has 0 fully saturated rings. The van der Waals surface area contributed by atoms with Gasteiger partial charge in [0.1, 0.15) is 6.61 Å². The number of halogens is 2. The number of rotatable bonds is 8. The normalized spacial score (nSPS) is 20.0. The van der Waals surface area contributed by atoms with Crippen molar-refractivity contribution < 1.29 is 23.8 Å². The Hall–Kier alpha value is -2.80. The maximum atomic E-state index is 14.0. The van der Waals surface area contributed by atoms with Crippen molar-refractivity contribution in [2.75, 3.05) is 27.4 Å². The molecule has 0 radical (unpaired) electrons.